The minimum absolute atomic E-state index is 0.00568. The van der Waals surface area contributed by atoms with Crippen LogP contribution in [0.25, 0.3) is 0 Å². The smallest absolute Gasteiger partial charge is 0.407 e. The number of hydrogen-bond donors (Lipinski definition) is 3. The van der Waals surface area contributed by atoms with Gasteiger partial charge in [0, 0.05) is 6.54 Å². The number of aliphatic hydroxyl groups is 1. The van der Waals surface area contributed by atoms with Gasteiger partial charge in [-0.3, -0.25) is 0 Å². The van der Waals surface area contributed by atoms with Gasteiger partial charge < -0.3 is 25.2 Å². The Morgan fingerprint density at radius 1 is 0.889 bits per heavy atom. The van der Waals surface area contributed by atoms with E-state index in [2.05, 4.69) is 10.6 Å². The van der Waals surface area contributed by atoms with Gasteiger partial charge in [0.05, 0.1) is 12.1 Å². The van der Waals surface area contributed by atoms with E-state index in [0.29, 0.717) is 0 Å². The van der Waals surface area contributed by atoms with Gasteiger partial charge in [-0.2, -0.15) is 0 Å². The Morgan fingerprint density at radius 3 is 1.85 bits per heavy atom. The van der Waals surface area contributed by atoms with Crippen molar-refractivity contribution in [1.29, 1.82) is 0 Å². The van der Waals surface area contributed by atoms with Crippen molar-refractivity contribution < 1.29 is 24.2 Å². The van der Waals surface area contributed by atoms with Crippen LogP contribution in [0.2, 0.25) is 0 Å². The average Bonchev–Trinajstić information content (AvgIpc) is 2.69. The predicted octanol–water partition coefficient (Wildman–Crippen LogP) is 2.59. The first-order valence-corrected chi connectivity index (χ1v) is 8.64. The molecular formula is C20H24N2O5. The maximum absolute atomic E-state index is 11.9. The minimum atomic E-state index is -0.885. The zero-order valence-corrected chi connectivity index (χ0v) is 15.1. The lowest BCUT2D eigenvalue weighted by Crippen LogP contribution is -2.49. The van der Waals surface area contributed by atoms with E-state index in [0.717, 1.165) is 11.1 Å². The number of hydrogen-bond acceptors (Lipinski definition) is 5. The predicted molar refractivity (Wildman–Crippen MR) is 99.9 cm³/mol. The maximum atomic E-state index is 11.9. The van der Waals surface area contributed by atoms with Crippen molar-refractivity contribution in [2.45, 2.75) is 32.3 Å². The molecule has 0 aliphatic rings. The zero-order chi connectivity index (χ0) is 19.5. The van der Waals surface area contributed by atoms with Gasteiger partial charge in [0.25, 0.3) is 0 Å². The van der Waals surface area contributed by atoms with E-state index < -0.39 is 24.3 Å². The highest BCUT2D eigenvalue weighted by Gasteiger charge is 2.19. The fraction of sp³-hybridized carbons (Fsp3) is 0.300. The summed E-state index contributed by atoms with van der Waals surface area (Å²) in [6.07, 6.45) is -2.20. The molecule has 0 bridgehead atoms. The first kappa shape index (κ1) is 20.3. The van der Waals surface area contributed by atoms with E-state index in [1.165, 1.54) is 6.92 Å². The molecule has 0 aliphatic carbocycles. The van der Waals surface area contributed by atoms with Crippen LogP contribution in [0.3, 0.4) is 0 Å². The minimum Gasteiger partial charge on any atom is -0.445 e. The van der Waals surface area contributed by atoms with Gasteiger partial charge in [-0.15, -0.1) is 0 Å². The summed E-state index contributed by atoms with van der Waals surface area (Å²) in [6, 6.07) is 17.8. The lowest BCUT2D eigenvalue weighted by Gasteiger charge is -2.21. The monoisotopic (exact) mass is 372 g/mol. The third-order valence-electron chi connectivity index (χ3n) is 3.78. The van der Waals surface area contributed by atoms with Crippen LogP contribution in [0.15, 0.2) is 60.7 Å². The van der Waals surface area contributed by atoms with Crippen molar-refractivity contribution in [2.24, 2.45) is 0 Å². The molecule has 0 saturated carbocycles. The van der Waals surface area contributed by atoms with E-state index in [9.17, 15) is 14.7 Å². The molecule has 2 aromatic rings. The molecule has 0 fully saturated rings. The summed E-state index contributed by atoms with van der Waals surface area (Å²) in [4.78, 5) is 23.7. The van der Waals surface area contributed by atoms with Crippen molar-refractivity contribution in [3.63, 3.8) is 0 Å². The first-order valence-electron chi connectivity index (χ1n) is 8.64. The van der Waals surface area contributed by atoms with Crippen LogP contribution in [0.1, 0.15) is 18.1 Å². The van der Waals surface area contributed by atoms with Gasteiger partial charge in [-0.05, 0) is 18.1 Å². The van der Waals surface area contributed by atoms with Gasteiger partial charge in [-0.25, -0.2) is 9.59 Å². The van der Waals surface area contributed by atoms with E-state index in [1.807, 2.05) is 60.7 Å². The quantitative estimate of drug-likeness (QED) is 0.662. The standard InChI is InChI=1S/C20H24N2O5/c1-15(23)18(22-20(25)27-14-17-10-6-3-7-11-17)12-21-19(24)26-13-16-8-4-2-5-9-16/h2-11,15,18,23H,12-14H2,1H3,(H,21,24)(H,22,25)/t15-,18-/m1/s1. The highest BCUT2D eigenvalue weighted by molar-refractivity contribution is 5.69. The molecule has 2 amide bonds. The average molecular weight is 372 g/mol. The number of carbonyl (C=O) groups excluding carboxylic acids is 2. The Bertz CT molecular complexity index is 707. The molecule has 0 spiro atoms. The van der Waals surface area contributed by atoms with Gasteiger partial charge in [0.2, 0.25) is 0 Å². The first-order chi connectivity index (χ1) is 13.0. The Labute approximate surface area is 158 Å². The van der Waals surface area contributed by atoms with Crippen molar-refractivity contribution >= 4 is 12.2 Å². The number of ether oxygens (including phenoxy) is 2. The van der Waals surface area contributed by atoms with E-state index >= 15 is 0 Å². The molecule has 2 aromatic carbocycles. The molecule has 27 heavy (non-hydrogen) atoms. The lowest BCUT2D eigenvalue weighted by atomic mass is 10.2. The fourth-order valence-electron chi connectivity index (χ4n) is 2.23. The molecule has 0 heterocycles. The van der Waals surface area contributed by atoms with Crippen LogP contribution in [-0.2, 0) is 22.7 Å². The molecule has 0 saturated heterocycles. The van der Waals surface area contributed by atoms with Crippen molar-refractivity contribution in [1.82, 2.24) is 10.6 Å². The van der Waals surface area contributed by atoms with Gasteiger partial charge >= 0.3 is 12.2 Å². The topological polar surface area (TPSA) is 96.9 Å². The second kappa shape index (κ2) is 10.8. The summed E-state index contributed by atoms with van der Waals surface area (Å²) in [6.45, 7) is 1.77. The Balaban J connectivity index is 1.72. The number of amides is 2. The molecule has 3 N–H and O–H groups in total. The normalized spacial score (nSPS) is 12.5. The number of nitrogens with one attached hydrogen (secondary N) is 2. The second-order valence-electron chi connectivity index (χ2n) is 6.00. The van der Waals surface area contributed by atoms with Gasteiger partial charge in [0.1, 0.15) is 13.2 Å². The molecule has 7 nitrogen and oxygen atoms in total. The van der Waals surface area contributed by atoms with E-state index in [1.54, 1.807) is 0 Å². The van der Waals surface area contributed by atoms with Crippen LogP contribution in [0, 0.1) is 0 Å². The number of carbonyl (C=O) groups is 2. The summed E-state index contributed by atoms with van der Waals surface area (Å²) in [5.41, 5.74) is 1.71. The Morgan fingerprint density at radius 2 is 1.37 bits per heavy atom. The summed E-state index contributed by atoms with van der Waals surface area (Å²) in [7, 11) is 0. The van der Waals surface area contributed by atoms with Crippen molar-refractivity contribution in [2.75, 3.05) is 6.54 Å². The fourth-order valence-corrected chi connectivity index (χ4v) is 2.23. The van der Waals surface area contributed by atoms with Gasteiger partial charge in [-0.1, -0.05) is 60.7 Å². The van der Waals surface area contributed by atoms with E-state index in [4.69, 9.17) is 9.47 Å². The molecule has 0 aliphatic heterocycles. The van der Waals surface area contributed by atoms with Crippen LogP contribution in [0.5, 0.6) is 0 Å². The number of benzene rings is 2. The SMILES string of the molecule is C[C@@H](O)[C@@H](CNC(=O)OCc1ccccc1)NC(=O)OCc1ccccc1. The third kappa shape index (κ3) is 7.79. The maximum Gasteiger partial charge on any atom is 0.407 e. The molecule has 0 radical (unpaired) electrons. The summed E-state index contributed by atoms with van der Waals surface area (Å²) in [5, 5.41) is 14.9. The van der Waals surface area contributed by atoms with Crippen molar-refractivity contribution in [3.05, 3.63) is 71.8 Å². The Hall–Kier alpha value is -3.06. The molecule has 2 atom stereocenters. The van der Waals surface area contributed by atoms with Crippen LogP contribution in [-0.4, -0.2) is 36.0 Å². The molecule has 0 unspecified atom stereocenters. The van der Waals surface area contributed by atoms with Gasteiger partial charge in [0.15, 0.2) is 0 Å². The highest BCUT2D eigenvalue weighted by atomic mass is 16.6. The molecule has 144 valence electrons. The molecular weight excluding hydrogens is 348 g/mol. The summed E-state index contributed by atoms with van der Waals surface area (Å²) < 4.78 is 10.2. The number of alkyl carbamates (subject to hydrolysis) is 2. The van der Waals surface area contributed by atoms with E-state index in [-0.39, 0.29) is 19.8 Å². The second-order valence-corrected chi connectivity index (χ2v) is 6.00. The lowest BCUT2D eigenvalue weighted by molar-refractivity contribution is 0.104. The third-order valence-corrected chi connectivity index (χ3v) is 3.78. The molecule has 7 heteroatoms. The Kier molecular flexibility index (Phi) is 8.12. The number of rotatable bonds is 8. The van der Waals surface area contributed by atoms with Crippen molar-refractivity contribution in [3.8, 4) is 0 Å². The number of aliphatic hydroxyl groups excluding tert-OH is 1. The molecule has 2 rings (SSSR count). The zero-order valence-electron chi connectivity index (χ0n) is 15.1. The highest BCUT2D eigenvalue weighted by Crippen LogP contribution is 2.02. The molecule has 0 aromatic heterocycles. The van der Waals surface area contributed by atoms with Crippen LogP contribution >= 0.6 is 0 Å². The summed E-state index contributed by atoms with van der Waals surface area (Å²) in [5.74, 6) is 0. The van der Waals surface area contributed by atoms with Crippen LogP contribution in [0.4, 0.5) is 9.59 Å². The largest absolute Gasteiger partial charge is 0.445 e. The van der Waals surface area contributed by atoms with Crippen LogP contribution < -0.4 is 10.6 Å². The summed E-state index contributed by atoms with van der Waals surface area (Å²) >= 11 is 0.